The number of nitrogens with zero attached hydrogens (tertiary/aromatic N) is 1. The van der Waals surface area contributed by atoms with E-state index in [0.29, 0.717) is 5.56 Å². The maximum atomic E-state index is 12.2. The summed E-state index contributed by atoms with van der Waals surface area (Å²) >= 11 is 0. The van der Waals surface area contributed by atoms with E-state index in [0.717, 1.165) is 16.9 Å². The largest absolute Gasteiger partial charge is 0.490 e. The average Bonchev–Trinajstić information content (AvgIpc) is 2.66. The van der Waals surface area contributed by atoms with Crippen LogP contribution in [0, 0.1) is 5.41 Å². The highest BCUT2D eigenvalue weighted by Gasteiger charge is 2.38. The fraction of sp³-hybridized carbons (Fsp3) is 0.118. The molecule has 7 nitrogen and oxygen atoms in total. The Kier molecular flexibility index (Phi) is 7.95. The monoisotopic (exact) mass is 382 g/mol. The van der Waals surface area contributed by atoms with Gasteiger partial charge in [0, 0.05) is 5.56 Å². The zero-order valence-corrected chi connectivity index (χ0v) is 13.9. The van der Waals surface area contributed by atoms with Crippen molar-refractivity contribution in [3.63, 3.8) is 0 Å². The number of carboxylic acid groups (broad SMARTS) is 1. The number of benzene rings is 2. The van der Waals surface area contributed by atoms with E-state index in [1.807, 2.05) is 36.4 Å². The first-order chi connectivity index (χ1) is 12.7. The molecule has 2 aromatic carbocycles. The lowest BCUT2D eigenvalue weighted by atomic mass is 10.1. The molecule has 1 unspecified atom stereocenters. The topological polar surface area (TPSA) is 120 Å². The molecular formula is C17H17F3N4O3. The van der Waals surface area contributed by atoms with Crippen LogP contribution < -0.4 is 11.2 Å². The minimum atomic E-state index is -5.08. The molecular weight excluding hydrogens is 365 g/mol. The van der Waals surface area contributed by atoms with E-state index in [1.165, 1.54) is 0 Å². The summed E-state index contributed by atoms with van der Waals surface area (Å²) in [7, 11) is 0. The SMILES string of the molecule is N=CN(N)C(NC(=O)c1ccccc1)c1ccccc1.O=C(O)C(F)(F)F. The van der Waals surface area contributed by atoms with Gasteiger partial charge in [-0.3, -0.25) is 15.2 Å². The number of hydrogen-bond acceptors (Lipinski definition) is 4. The van der Waals surface area contributed by atoms with Gasteiger partial charge in [-0.2, -0.15) is 13.2 Å². The van der Waals surface area contributed by atoms with Gasteiger partial charge in [0.25, 0.3) is 5.91 Å². The van der Waals surface area contributed by atoms with E-state index >= 15 is 0 Å². The number of hydrogen-bond donors (Lipinski definition) is 4. The molecule has 0 aliphatic rings. The Balaban J connectivity index is 0.000000445. The Morgan fingerprint density at radius 2 is 1.52 bits per heavy atom. The number of nitrogens with one attached hydrogen (secondary N) is 2. The van der Waals surface area contributed by atoms with Gasteiger partial charge in [-0.15, -0.1) is 0 Å². The molecule has 0 aliphatic carbocycles. The zero-order valence-electron chi connectivity index (χ0n) is 13.9. The second kappa shape index (κ2) is 9.92. The van der Waals surface area contributed by atoms with Gasteiger partial charge in [0.2, 0.25) is 0 Å². The number of rotatable bonds is 5. The third kappa shape index (κ3) is 7.16. The van der Waals surface area contributed by atoms with Crippen LogP contribution >= 0.6 is 0 Å². The first-order valence-corrected chi connectivity index (χ1v) is 7.41. The van der Waals surface area contributed by atoms with Gasteiger partial charge in [0.05, 0.1) is 6.34 Å². The van der Waals surface area contributed by atoms with Crippen molar-refractivity contribution in [2.75, 3.05) is 0 Å². The standard InChI is InChI=1S/C15H16N4O.C2HF3O2/c16-11-19(17)14(12-7-3-1-4-8-12)18-15(20)13-9-5-2-6-10-13;3-2(4,5)1(6)7/h1-11,14,16H,17H2,(H,18,20);(H,6,7). The molecule has 1 amide bonds. The Hall–Kier alpha value is -3.40. The van der Waals surface area contributed by atoms with E-state index in [9.17, 15) is 18.0 Å². The number of aliphatic carboxylic acids is 1. The summed E-state index contributed by atoms with van der Waals surface area (Å²) < 4.78 is 31.7. The minimum absolute atomic E-state index is 0.239. The summed E-state index contributed by atoms with van der Waals surface area (Å²) in [5, 5.41) is 18.3. The molecule has 10 heteroatoms. The van der Waals surface area contributed by atoms with Crippen LogP contribution in [0.5, 0.6) is 0 Å². The van der Waals surface area contributed by atoms with Crippen molar-refractivity contribution < 1.29 is 27.9 Å². The van der Waals surface area contributed by atoms with Crippen LogP contribution in [0.2, 0.25) is 0 Å². The highest BCUT2D eigenvalue weighted by Crippen LogP contribution is 2.15. The Morgan fingerprint density at radius 1 is 1.07 bits per heavy atom. The Bertz CT molecular complexity index is 755. The second-order valence-corrected chi connectivity index (χ2v) is 5.03. The number of alkyl halides is 3. The van der Waals surface area contributed by atoms with Gasteiger partial charge < -0.3 is 10.4 Å². The molecule has 0 saturated carbocycles. The van der Waals surface area contributed by atoms with Crippen molar-refractivity contribution in [3.8, 4) is 0 Å². The summed E-state index contributed by atoms with van der Waals surface area (Å²) in [6, 6.07) is 18.2. The van der Waals surface area contributed by atoms with Gasteiger partial charge in [-0.05, 0) is 17.7 Å². The first kappa shape index (κ1) is 21.6. The molecule has 0 aliphatic heterocycles. The fourth-order valence-corrected chi connectivity index (χ4v) is 1.84. The Morgan fingerprint density at radius 3 is 1.93 bits per heavy atom. The summed E-state index contributed by atoms with van der Waals surface area (Å²) in [5.74, 6) is 2.76. The lowest BCUT2D eigenvalue weighted by Crippen LogP contribution is -2.44. The number of carbonyl (C=O) groups is 2. The summed E-state index contributed by atoms with van der Waals surface area (Å²) in [5.41, 5.74) is 1.36. The molecule has 5 N–H and O–H groups in total. The quantitative estimate of drug-likeness (QED) is 0.208. The lowest BCUT2D eigenvalue weighted by molar-refractivity contribution is -0.192. The van der Waals surface area contributed by atoms with Crippen molar-refractivity contribution in [2.24, 2.45) is 5.84 Å². The van der Waals surface area contributed by atoms with E-state index < -0.39 is 18.3 Å². The van der Waals surface area contributed by atoms with Gasteiger partial charge in [0.15, 0.2) is 0 Å². The molecule has 0 saturated heterocycles. The number of amides is 1. The average molecular weight is 382 g/mol. The van der Waals surface area contributed by atoms with Gasteiger partial charge in [-0.1, -0.05) is 48.5 Å². The summed E-state index contributed by atoms with van der Waals surface area (Å²) in [4.78, 5) is 21.1. The lowest BCUT2D eigenvalue weighted by Gasteiger charge is -2.26. The molecule has 2 rings (SSSR count). The van der Waals surface area contributed by atoms with Crippen LogP contribution in [0.4, 0.5) is 13.2 Å². The molecule has 0 aromatic heterocycles. The highest BCUT2D eigenvalue weighted by atomic mass is 19.4. The van der Waals surface area contributed by atoms with Crippen LogP contribution in [-0.4, -0.2) is 34.5 Å². The molecule has 2 aromatic rings. The van der Waals surface area contributed by atoms with Crippen LogP contribution in [0.3, 0.4) is 0 Å². The smallest absolute Gasteiger partial charge is 0.475 e. The second-order valence-electron chi connectivity index (χ2n) is 5.03. The molecule has 0 fully saturated rings. The number of nitrogens with two attached hydrogens (primary N) is 1. The third-order valence-electron chi connectivity index (χ3n) is 3.11. The van der Waals surface area contributed by atoms with E-state index in [-0.39, 0.29) is 5.91 Å². The van der Waals surface area contributed by atoms with Gasteiger partial charge in [-0.25, -0.2) is 10.6 Å². The number of carboxylic acids is 1. The van der Waals surface area contributed by atoms with Crippen molar-refractivity contribution in [3.05, 3.63) is 71.8 Å². The van der Waals surface area contributed by atoms with Crippen molar-refractivity contribution in [1.82, 2.24) is 10.3 Å². The molecule has 1 atom stereocenters. The van der Waals surface area contributed by atoms with E-state index in [2.05, 4.69) is 5.32 Å². The van der Waals surface area contributed by atoms with Crippen molar-refractivity contribution in [2.45, 2.75) is 12.3 Å². The minimum Gasteiger partial charge on any atom is -0.475 e. The summed E-state index contributed by atoms with van der Waals surface area (Å²) in [6.45, 7) is 0. The maximum absolute atomic E-state index is 12.2. The normalized spacial score (nSPS) is 11.4. The summed E-state index contributed by atoms with van der Waals surface area (Å²) in [6.07, 6.45) is -4.69. The maximum Gasteiger partial charge on any atom is 0.490 e. The number of hydrazine groups is 1. The molecule has 0 spiro atoms. The van der Waals surface area contributed by atoms with Crippen LogP contribution in [0.25, 0.3) is 0 Å². The molecule has 144 valence electrons. The predicted octanol–water partition coefficient (Wildman–Crippen LogP) is 2.53. The van der Waals surface area contributed by atoms with Crippen LogP contribution in [0.15, 0.2) is 60.7 Å². The van der Waals surface area contributed by atoms with Crippen molar-refractivity contribution in [1.29, 1.82) is 5.41 Å². The van der Waals surface area contributed by atoms with Gasteiger partial charge >= 0.3 is 12.1 Å². The predicted molar refractivity (Wildman–Crippen MR) is 91.6 cm³/mol. The van der Waals surface area contributed by atoms with Crippen LogP contribution in [-0.2, 0) is 4.79 Å². The highest BCUT2D eigenvalue weighted by molar-refractivity contribution is 5.94. The van der Waals surface area contributed by atoms with E-state index in [1.54, 1.807) is 24.3 Å². The Labute approximate surface area is 152 Å². The molecule has 0 radical (unpaired) electrons. The van der Waals surface area contributed by atoms with Crippen molar-refractivity contribution >= 4 is 18.2 Å². The number of carbonyl (C=O) groups excluding carboxylic acids is 1. The van der Waals surface area contributed by atoms with Crippen LogP contribution in [0.1, 0.15) is 22.1 Å². The first-order valence-electron chi connectivity index (χ1n) is 7.41. The van der Waals surface area contributed by atoms with E-state index in [4.69, 9.17) is 21.2 Å². The molecule has 27 heavy (non-hydrogen) atoms. The molecule has 0 heterocycles. The molecule has 0 bridgehead atoms. The zero-order chi connectivity index (χ0) is 20.4. The fourth-order valence-electron chi connectivity index (χ4n) is 1.84. The van der Waals surface area contributed by atoms with Gasteiger partial charge in [0.1, 0.15) is 6.17 Å². The third-order valence-corrected chi connectivity index (χ3v) is 3.11. The number of halogens is 3.